The van der Waals surface area contributed by atoms with E-state index in [4.69, 9.17) is 16.3 Å². The highest BCUT2D eigenvalue weighted by atomic mass is 79.9. The lowest BCUT2D eigenvalue weighted by molar-refractivity contribution is -0.386. The lowest BCUT2D eigenvalue weighted by Crippen LogP contribution is -1.98. The van der Waals surface area contributed by atoms with Crippen molar-refractivity contribution in [2.24, 2.45) is 0 Å². The van der Waals surface area contributed by atoms with Crippen LogP contribution in [0.2, 0.25) is 5.15 Å². The molecule has 0 spiro atoms. The molecule has 19 heavy (non-hydrogen) atoms. The van der Waals surface area contributed by atoms with Gasteiger partial charge in [0, 0.05) is 10.5 Å². The fourth-order valence-electron chi connectivity index (χ4n) is 1.27. The zero-order valence-electron chi connectivity index (χ0n) is 9.01. The number of hydrogen-bond acceptors (Lipinski definition) is 5. The summed E-state index contributed by atoms with van der Waals surface area (Å²) < 4.78 is 18.8. The predicted molar refractivity (Wildman–Crippen MR) is 67.9 cm³/mol. The Morgan fingerprint density at radius 1 is 1.37 bits per heavy atom. The van der Waals surface area contributed by atoms with Gasteiger partial charge in [0.1, 0.15) is 17.9 Å². The molecule has 0 amide bonds. The summed E-state index contributed by atoms with van der Waals surface area (Å²) in [7, 11) is 0. The summed E-state index contributed by atoms with van der Waals surface area (Å²) in [5.41, 5.74) is -0.579. The van der Waals surface area contributed by atoms with Gasteiger partial charge in [-0.3, -0.25) is 10.1 Å². The molecule has 1 aromatic carbocycles. The molecule has 0 saturated carbocycles. The molecule has 98 valence electrons. The van der Waals surface area contributed by atoms with Gasteiger partial charge in [-0.15, -0.1) is 0 Å². The standard InChI is InChI=1S/C10H4BrClFN3O3/c11-5-1-6(13)3-7(2-5)19-10-8(16(17)18)9(12)14-4-15-10/h1-4H. The van der Waals surface area contributed by atoms with Crippen LogP contribution in [0.4, 0.5) is 10.1 Å². The molecular formula is C10H4BrClFN3O3. The molecule has 2 rings (SSSR count). The molecule has 1 heterocycles. The second-order valence-corrected chi connectivity index (χ2v) is 4.56. The highest BCUT2D eigenvalue weighted by Crippen LogP contribution is 2.34. The van der Waals surface area contributed by atoms with Crippen molar-refractivity contribution >= 4 is 33.2 Å². The van der Waals surface area contributed by atoms with Crippen LogP contribution in [0.1, 0.15) is 0 Å². The van der Waals surface area contributed by atoms with Crippen LogP contribution in [0.5, 0.6) is 11.6 Å². The van der Waals surface area contributed by atoms with Gasteiger partial charge in [0.15, 0.2) is 0 Å². The topological polar surface area (TPSA) is 78.2 Å². The van der Waals surface area contributed by atoms with Gasteiger partial charge in [0.25, 0.3) is 0 Å². The first kappa shape index (κ1) is 13.6. The second-order valence-electron chi connectivity index (χ2n) is 3.28. The zero-order valence-corrected chi connectivity index (χ0v) is 11.4. The Hall–Kier alpha value is -1.80. The van der Waals surface area contributed by atoms with E-state index < -0.39 is 16.4 Å². The van der Waals surface area contributed by atoms with Crippen molar-refractivity contribution in [1.29, 1.82) is 0 Å². The molecule has 0 unspecified atom stereocenters. The van der Waals surface area contributed by atoms with Crippen molar-refractivity contribution in [3.8, 4) is 11.6 Å². The molecule has 0 aliphatic carbocycles. The first-order chi connectivity index (χ1) is 8.97. The van der Waals surface area contributed by atoms with Gasteiger partial charge in [-0.1, -0.05) is 27.5 Å². The van der Waals surface area contributed by atoms with Gasteiger partial charge >= 0.3 is 11.6 Å². The number of rotatable bonds is 3. The molecule has 0 fully saturated rings. The van der Waals surface area contributed by atoms with Crippen molar-refractivity contribution in [3.05, 3.63) is 50.1 Å². The normalized spacial score (nSPS) is 10.3. The smallest absolute Gasteiger partial charge is 0.368 e. The lowest BCUT2D eigenvalue weighted by atomic mass is 10.3. The third kappa shape index (κ3) is 3.15. The van der Waals surface area contributed by atoms with Crippen LogP contribution in [0.3, 0.4) is 0 Å². The number of halogens is 3. The van der Waals surface area contributed by atoms with Gasteiger partial charge < -0.3 is 4.74 Å². The van der Waals surface area contributed by atoms with Crippen molar-refractivity contribution in [3.63, 3.8) is 0 Å². The van der Waals surface area contributed by atoms with Crippen LogP contribution in [-0.2, 0) is 0 Å². The molecule has 0 radical (unpaired) electrons. The Balaban J connectivity index is 2.43. The number of nitro groups is 1. The summed E-state index contributed by atoms with van der Waals surface area (Å²) in [5.74, 6) is -0.876. The summed E-state index contributed by atoms with van der Waals surface area (Å²) in [4.78, 5) is 17.2. The molecule has 0 bridgehead atoms. The van der Waals surface area contributed by atoms with E-state index in [0.29, 0.717) is 4.47 Å². The summed E-state index contributed by atoms with van der Waals surface area (Å²) in [6, 6.07) is 3.71. The number of aromatic nitrogens is 2. The van der Waals surface area contributed by atoms with Crippen molar-refractivity contribution in [2.75, 3.05) is 0 Å². The van der Waals surface area contributed by atoms with Gasteiger partial charge in [-0.25, -0.2) is 9.37 Å². The van der Waals surface area contributed by atoms with Gasteiger partial charge in [0.05, 0.1) is 4.92 Å². The van der Waals surface area contributed by atoms with Gasteiger partial charge in [0.2, 0.25) is 5.15 Å². The highest BCUT2D eigenvalue weighted by molar-refractivity contribution is 9.10. The van der Waals surface area contributed by atoms with Gasteiger partial charge in [-0.2, -0.15) is 4.98 Å². The van der Waals surface area contributed by atoms with E-state index in [0.717, 1.165) is 12.4 Å². The van der Waals surface area contributed by atoms with E-state index in [-0.39, 0.29) is 16.8 Å². The fraction of sp³-hybridized carbons (Fsp3) is 0. The molecule has 1 aromatic heterocycles. The van der Waals surface area contributed by atoms with Crippen LogP contribution in [-0.4, -0.2) is 14.9 Å². The summed E-state index contributed by atoms with van der Waals surface area (Å²) in [6.07, 6.45) is 1.01. The van der Waals surface area contributed by atoms with E-state index in [1.165, 1.54) is 12.1 Å². The average Bonchev–Trinajstić information content (AvgIpc) is 2.26. The minimum absolute atomic E-state index is 0.0461. The first-order valence-electron chi connectivity index (χ1n) is 4.76. The number of ether oxygens (including phenoxy) is 1. The largest absolute Gasteiger partial charge is 0.433 e. The minimum Gasteiger partial charge on any atom is -0.433 e. The van der Waals surface area contributed by atoms with Crippen LogP contribution < -0.4 is 4.74 Å². The zero-order chi connectivity index (χ0) is 14.0. The van der Waals surface area contributed by atoms with Crippen molar-refractivity contribution in [1.82, 2.24) is 9.97 Å². The predicted octanol–water partition coefficient (Wildman–Crippen LogP) is 3.73. The van der Waals surface area contributed by atoms with Crippen molar-refractivity contribution in [2.45, 2.75) is 0 Å². The molecule has 6 nitrogen and oxygen atoms in total. The monoisotopic (exact) mass is 347 g/mol. The number of nitrogens with zero attached hydrogens (tertiary/aromatic N) is 3. The lowest BCUT2D eigenvalue weighted by Gasteiger charge is -2.06. The van der Waals surface area contributed by atoms with E-state index in [9.17, 15) is 14.5 Å². The van der Waals surface area contributed by atoms with Gasteiger partial charge in [-0.05, 0) is 12.1 Å². The molecule has 9 heteroatoms. The Morgan fingerprint density at radius 2 is 2.11 bits per heavy atom. The molecule has 0 N–H and O–H groups in total. The maximum absolute atomic E-state index is 13.2. The van der Waals surface area contributed by atoms with E-state index in [2.05, 4.69) is 25.9 Å². The minimum atomic E-state index is -0.772. The van der Waals surface area contributed by atoms with E-state index in [1.54, 1.807) is 0 Å². The third-order valence-electron chi connectivity index (χ3n) is 1.98. The second kappa shape index (κ2) is 5.45. The summed E-state index contributed by atoms with van der Waals surface area (Å²) in [6.45, 7) is 0. The average molecular weight is 349 g/mol. The Morgan fingerprint density at radius 3 is 2.74 bits per heavy atom. The molecule has 0 aliphatic heterocycles. The quantitative estimate of drug-likeness (QED) is 0.480. The molecule has 0 atom stereocenters. The van der Waals surface area contributed by atoms with Crippen LogP contribution in [0.15, 0.2) is 29.0 Å². The van der Waals surface area contributed by atoms with Crippen LogP contribution in [0.25, 0.3) is 0 Å². The van der Waals surface area contributed by atoms with E-state index in [1.807, 2.05) is 0 Å². The third-order valence-corrected chi connectivity index (χ3v) is 2.71. The molecular weight excluding hydrogens is 344 g/mol. The van der Waals surface area contributed by atoms with Crippen molar-refractivity contribution < 1.29 is 14.1 Å². The molecule has 2 aromatic rings. The van der Waals surface area contributed by atoms with Crippen LogP contribution >= 0.6 is 27.5 Å². The highest BCUT2D eigenvalue weighted by Gasteiger charge is 2.23. The SMILES string of the molecule is O=[N+]([O-])c1c(Cl)ncnc1Oc1cc(F)cc(Br)c1. The molecule has 0 saturated heterocycles. The maximum atomic E-state index is 13.2. The first-order valence-corrected chi connectivity index (χ1v) is 5.93. The molecule has 0 aliphatic rings. The Labute approximate surface area is 119 Å². The summed E-state index contributed by atoms with van der Waals surface area (Å²) >= 11 is 8.67. The Bertz CT molecular complexity index is 636. The summed E-state index contributed by atoms with van der Waals surface area (Å²) in [5, 5.41) is 10.5. The maximum Gasteiger partial charge on any atom is 0.368 e. The fourth-order valence-corrected chi connectivity index (χ4v) is 1.91. The van der Waals surface area contributed by atoms with E-state index >= 15 is 0 Å². The van der Waals surface area contributed by atoms with Crippen LogP contribution in [0, 0.1) is 15.9 Å². The number of benzene rings is 1. The number of hydrogen-bond donors (Lipinski definition) is 0. The Kier molecular flexibility index (Phi) is 3.91.